The van der Waals surface area contributed by atoms with Gasteiger partial charge in [-0.15, -0.1) is 0 Å². The maximum absolute atomic E-state index is 13.2. The second-order valence-electron chi connectivity index (χ2n) is 6.61. The minimum atomic E-state index is -4.43. The van der Waals surface area contributed by atoms with Crippen LogP contribution in [0.25, 0.3) is 0 Å². The van der Waals surface area contributed by atoms with Gasteiger partial charge in [-0.2, -0.15) is 0 Å². The van der Waals surface area contributed by atoms with Crippen LogP contribution in [0.15, 0.2) is 70.2 Å². The van der Waals surface area contributed by atoms with Gasteiger partial charge in [0.2, 0.25) is 0 Å². The number of furan rings is 1. The molecule has 0 aliphatic carbocycles. The number of benzene rings is 2. The third kappa shape index (κ3) is 5.39. The van der Waals surface area contributed by atoms with E-state index in [2.05, 4.69) is 19.5 Å². The predicted molar refractivity (Wildman–Crippen MR) is 116 cm³/mol. The zero-order chi connectivity index (χ0) is 24.0. The Balaban J connectivity index is 1.96. The first-order valence-electron chi connectivity index (χ1n) is 9.50. The molecule has 0 saturated carbocycles. The molecule has 0 radical (unpaired) electrons. The van der Waals surface area contributed by atoms with Gasteiger partial charge in [0, 0.05) is 0 Å². The Kier molecular flexibility index (Phi) is 7.13. The SMILES string of the molecule is COC(=O)c1ccc(C(=O)OC)c(S(=O)(=O)Nc2ccccc2C(=O)NCc2ccco2)c1. The van der Waals surface area contributed by atoms with Crippen LogP contribution in [0.4, 0.5) is 5.69 Å². The summed E-state index contributed by atoms with van der Waals surface area (Å²) in [6, 6.07) is 12.7. The molecule has 10 nitrogen and oxygen atoms in total. The summed E-state index contributed by atoms with van der Waals surface area (Å²) in [5.74, 6) is -1.75. The molecule has 1 aromatic heterocycles. The topological polar surface area (TPSA) is 141 Å². The van der Waals surface area contributed by atoms with E-state index in [4.69, 9.17) is 4.42 Å². The fourth-order valence-corrected chi connectivity index (χ4v) is 4.21. The molecule has 0 aliphatic heterocycles. The quantitative estimate of drug-likeness (QED) is 0.477. The van der Waals surface area contributed by atoms with Crippen molar-refractivity contribution in [2.24, 2.45) is 0 Å². The van der Waals surface area contributed by atoms with Gasteiger partial charge in [0.15, 0.2) is 0 Å². The molecule has 0 saturated heterocycles. The molecular weight excluding hydrogens is 452 g/mol. The Morgan fingerprint density at radius 1 is 0.909 bits per heavy atom. The monoisotopic (exact) mass is 472 g/mol. The largest absolute Gasteiger partial charge is 0.467 e. The van der Waals surface area contributed by atoms with Gasteiger partial charge in [-0.05, 0) is 42.5 Å². The smallest absolute Gasteiger partial charge is 0.339 e. The van der Waals surface area contributed by atoms with Crippen molar-refractivity contribution in [3.05, 3.63) is 83.3 Å². The first kappa shape index (κ1) is 23.5. The Hall–Kier alpha value is -4.12. The molecule has 33 heavy (non-hydrogen) atoms. The number of hydrogen-bond acceptors (Lipinski definition) is 8. The highest BCUT2D eigenvalue weighted by molar-refractivity contribution is 7.92. The van der Waals surface area contributed by atoms with Gasteiger partial charge in [-0.1, -0.05) is 12.1 Å². The van der Waals surface area contributed by atoms with Crippen molar-refractivity contribution < 1.29 is 36.7 Å². The molecule has 0 unspecified atom stereocenters. The lowest BCUT2D eigenvalue weighted by Crippen LogP contribution is -2.25. The molecule has 2 N–H and O–H groups in total. The maximum atomic E-state index is 13.2. The summed E-state index contributed by atoms with van der Waals surface area (Å²) in [6.07, 6.45) is 1.46. The number of ether oxygens (including phenoxy) is 2. The average Bonchev–Trinajstić information content (AvgIpc) is 3.35. The van der Waals surface area contributed by atoms with Crippen LogP contribution in [0.1, 0.15) is 36.8 Å². The summed E-state index contributed by atoms with van der Waals surface area (Å²) >= 11 is 0. The van der Waals surface area contributed by atoms with Gasteiger partial charge >= 0.3 is 11.9 Å². The number of rotatable bonds is 8. The summed E-state index contributed by atoms with van der Waals surface area (Å²) in [5, 5.41) is 2.63. The summed E-state index contributed by atoms with van der Waals surface area (Å²) in [6.45, 7) is 0.0978. The summed E-state index contributed by atoms with van der Waals surface area (Å²) in [4.78, 5) is 36.2. The van der Waals surface area contributed by atoms with Gasteiger partial charge in [0.05, 0.1) is 49.4 Å². The Morgan fingerprint density at radius 3 is 2.30 bits per heavy atom. The molecule has 11 heteroatoms. The fraction of sp³-hybridized carbons (Fsp3) is 0.136. The number of methoxy groups -OCH3 is 2. The molecule has 1 amide bonds. The molecule has 0 fully saturated rings. The standard InChI is InChI=1S/C22H20N2O8S/c1-30-21(26)14-9-10-17(22(27)31-2)19(12-14)33(28,29)24-18-8-4-3-7-16(18)20(25)23-13-15-6-5-11-32-15/h3-12,24H,13H2,1-2H3,(H,23,25). The van der Waals surface area contributed by atoms with Gasteiger partial charge in [-0.3, -0.25) is 9.52 Å². The van der Waals surface area contributed by atoms with E-state index in [1.807, 2.05) is 0 Å². The highest BCUT2D eigenvalue weighted by Crippen LogP contribution is 2.24. The summed E-state index contributed by atoms with van der Waals surface area (Å²) < 4.78 is 43.2. The van der Waals surface area contributed by atoms with Crippen LogP contribution in [-0.2, 0) is 26.0 Å². The summed E-state index contributed by atoms with van der Waals surface area (Å²) in [5.41, 5.74) is -0.377. The van der Waals surface area contributed by atoms with Crippen LogP contribution in [0.2, 0.25) is 0 Å². The van der Waals surface area contributed by atoms with Crippen LogP contribution in [0, 0.1) is 0 Å². The number of amides is 1. The number of hydrogen-bond donors (Lipinski definition) is 2. The van der Waals surface area contributed by atoms with E-state index >= 15 is 0 Å². The van der Waals surface area contributed by atoms with Gasteiger partial charge in [0.1, 0.15) is 10.7 Å². The van der Waals surface area contributed by atoms with Crippen LogP contribution in [-0.4, -0.2) is 40.5 Å². The molecule has 2 aromatic carbocycles. The van der Waals surface area contributed by atoms with Crippen molar-refractivity contribution >= 4 is 33.6 Å². The molecule has 0 bridgehead atoms. The number of anilines is 1. The molecule has 3 rings (SSSR count). The van der Waals surface area contributed by atoms with Crippen LogP contribution < -0.4 is 10.0 Å². The number of sulfonamides is 1. The van der Waals surface area contributed by atoms with Gasteiger partial charge < -0.3 is 19.2 Å². The molecule has 172 valence electrons. The molecule has 0 spiro atoms. The third-order valence-corrected chi connectivity index (χ3v) is 5.92. The lowest BCUT2D eigenvalue weighted by molar-refractivity contribution is 0.0583. The van der Waals surface area contributed by atoms with Crippen molar-refractivity contribution in [1.82, 2.24) is 5.32 Å². The average molecular weight is 472 g/mol. The first-order valence-corrected chi connectivity index (χ1v) is 11.0. The minimum absolute atomic E-state index is 0.0336. The molecule has 3 aromatic rings. The predicted octanol–water partition coefficient (Wildman–Crippen LogP) is 2.58. The van der Waals surface area contributed by atoms with E-state index in [1.165, 1.54) is 30.5 Å². The second-order valence-corrected chi connectivity index (χ2v) is 8.26. The lowest BCUT2D eigenvalue weighted by Gasteiger charge is -2.15. The zero-order valence-corrected chi connectivity index (χ0v) is 18.5. The fourth-order valence-electron chi connectivity index (χ4n) is 2.91. The van der Waals surface area contributed by atoms with Crippen molar-refractivity contribution in [3.63, 3.8) is 0 Å². The number of carbonyl (C=O) groups excluding carboxylic acids is 3. The van der Waals surface area contributed by atoms with Crippen LogP contribution >= 0.6 is 0 Å². The van der Waals surface area contributed by atoms with Crippen LogP contribution in [0.3, 0.4) is 0 Å². The molecule has 1 heterocycles. The molecule has 0 aliphatic rings. The highest BCUT2D eigenvalue weighted by atomic mass is 32.2. The van der Waals surface area contributed by atoms with Crippen molar-refractivity contribution in [2.75, 3.05) is 18.9 Å². The van der Waals surface area contributed by atoms with E-state index in [-0.39, 0.29) is 28.9 Å². The summed E-state index contributed by atoms with van der Waals surface area (Å²) in [7, 11) is -2.20. The van der Waals surface area contributed by atoms with Gasteiger partial charge in [-0.25, -0.2) is 18.0 Å². The molecular formula is C22H20N2O8S. The van der Waals surface area contributed by atoms with Crippen LogP contribution in [0.5, 0.6) is 0 Å². The Labute approximate surface area is 189 Å². The maximum Gasteiger partial charge on any atom is 0.339 e. The minimum Gasteiger partial charge on any atom is -0.467 e. The van der Waals surface area contributed by atoms with E-state index in [0.717, 1.165) is 26.4 Å². The van der Waals surface area contributed by atoms with E-state index < -0.39 is 32.8 Å². The van der Waals surface area contributed by atoms with Crippen molar-refractivity contribution in [1.29, 1.82) is 0 Å². The number of para-hydroxylation sites is 1. The zero-order valence-electron chi connectivity index (χ0n) is 17.7. The van der Waals surface area contributed by atoms with Crippen molar-refractivity contribution in [3.8, 4) is 0 Å². The van der Waals surface area contributed by atoms with E-state index in [0.29, 0.717) is 5.76 Å². The first-order chi connectivity index (χ1) is 15.8. The molecule has 0 atom stereocenters. The Bertz CT molecular complexity index is 1280. The number of carbonyl (C=O) groups is 3. The number of esters is 2. The van der Waals surface area contributed by atoms with E-state index in [1.54, 1.807) is 18.2 Å². The van der Waals surface area contributed by atoms with E-state index in [9.17, 15) is 22.8 Å². The second kappa shape index (κ2) is 10.0. The Morgan fingerprint density at radius 2 is 1.64 bits per heavy atom. The normalized spacial score (nSPS) is 10.8. The highest BCUT2D eigenvalue weighted by Gasteiger charge is 2.26. The lowest BCUT2D eigenvalue weighted by atomic mass is 10.1. The van der Waals surface area contributed by atoms with Gasteiger partial charge in [0.25, 0.3) is 15.9 Å². The van der Waals surface area contributed by atoms with Crippen molar-refractivity contribution in [2.45, 2.75) is 11.4 Å². The number of nitrogens with one attached hydrogen (secondary N) is 2. The third-order valence-electron chi connectivity index (χ3n) is 4.52.